The molecule has 1 aliphatic rings. The van der Waals surface area contributed by atoms with Gasteiger partial charge in [-0.05, 0) is 44.0 Å². The van der Waals surface area contributed by atoms with Crippen molar-refractivity contribution in [2.45, 2.75) is 32.4 Å². The summed E-state index contributed by atoms with van der Waals surface area (Å²) in [4.78, 5) is 0. The summed E-state index contributed by atoms with van der Waals surface area (Å²) in [6.07, 6.45) is 0.985. The maximum absolute atomic E-state index is 5.91. The molecule has 0 saturated carbocycles. The topological polar surface area (TPSA) is 64.9 Å². The molecule has 1 N–H and O–H groups in total. The standard InChI is InChI=1S/C19H21N5O/c1-13-12-14(2)24(23-13)18-9-8-17(21-22-18)20-16-10-11-25-19(16)15-6-4-3-5-7-15/h3-9,12,16,19H,10-11H2,1-2H3,(H,20,21)/t16-,19-/m0/s1. The van der Waals surface area contributed by atoms with Crippen LogP contribution in [0.25, 0.3) is 5.82 Å². The average molecular weight is 335 g/mol. The van der Waals surface area contributed by atoms with E-state index in [0.29, 0.717) is 0 Å². The molecule has 1 fully saturated rings. The first-order valence-electron chi connectivity index (χ1n) is 8.51. The Balaban J connectivity index is 1.50. The van der Waals surface area contributed by atoms with Gasteiger partial charge in [0.15, 0.2) is 5.82 Å². The SMILES string of the molecule is Cc1cc(C)n(-c2ccc(N[C@H]3CCO[C@H]3c3ccccc3)nn2)n1. The highest BCUT2D eigenvalue weighted by Gasteiger charge is 2.29. The molecule has 0 radical (unpaired) electrons. The van der Waals surface area contributed by atoms with Gasteiger partial charge in [0.2, 0.25) is 0 Å². The lowest BCUT2D eigenvalue weighted by Gasteiger charge is -2.20. The summed E-state index contributed by atoms with van der Waals surface area (Å²) in [5, 5.41) is 16.5. The van der Waals surface area contributed by atoms with E-state index in [1.807, 2.05) is 50.2 Å². The van der Waals surface area contributed by atoms with Crippen LogP contribution in [0.1, 0.15) is 29.5 Å². The molecule has 25 heavy (non-hydrogen) atoms. The lowest BCUT2D eigenvalue weighted by Crippen LogP contribution is -2.24. The third kappa shape index (κ3) is 3.25. The van der Waals surface area contributed by atoms with Gasteiger partial charge in [-0.3, -0.25) is 0 Å². The first-order valence-corrected chi connectivity index (χ1v) is 8.51. The Morgan fingerprint density at radius 3 is 2.60 bits per heavy atom. The number of nitrogens with zero attached hydrogens (tertiary/aromatic N) is 4. The molecule has 3 aromatic rings. The summed E-state index contributed by atoms with van der Waals surface area (Å²) in [6.45, 7) is 4.72. The normalized spacial score (nSPS) is 19.9. The van der Waals surface area contributed by atoms with Crippen LogP contribution in [0.3, 0.4) is 0 Å². The Bertz CT molecular complexity index is 844. The third-order valence-corrected chi connectivity index (χ3v) is 4.43. The Morgan fingerprint density at radius 2 is 1.92 bits per heavy atom. The molecular weight excluding hydrogens is 314 g/mol. The molecule has 6 heteroatoms. The van der Waals surface area contributed by atoms with Crippen molar-refractivity contribution in [3.63, 3.8) is 0 Å². The highest BCUT2D eigenvalue weighted by atomic mass is 16.5. The fourth-order valence-electron chi connectivity index (χ4n) is 3.27. The Morgan fingerprint density at radius 1 is 1.08 bits per heavy atom. The van der Waals surface area contributed by atoms with Crippen LogP contribution in [-0.4, -0.2) is 32.6 Å². The number of anilines is 1. The van der Waals surface area contributed by atoms with Gasteiger partial charge in [0.25, 0.3) is 0 Å². The van der Waals surface area contributed by atoms with Crippen LogP contribution < -0.4 is 5.32 Å². The van der Waals surface area contributed by atoms with Crippen molar-refractivity contribution >= 4 is 5.82 Å². The zero-order valence-corrected chi connectivity index (χ0v) is 14.4. The van der Waals surface area contributed by atoms with E-state index in [1.54, 1.807) is 4.68 Å². The minimum absolute atomic E-state index is 0.0404. The number of hydrogen-bond donors (Lipinski definition) is 1. The van der Waals surface area contributed by atoms with Gasteiger partial charge in [0.05, 0.1) is 11.7 Å². The Labute approximate surface area is 146 Å². The highest BCUT2D eigenvalue weighted by molar-refractivity contribution is 5.39. The molecule has 1 aliphatic heterocycles. The number of aryl methyl sites for hydroxylation is 2. The van der Waals surface area contributed by atoms with Gasteiger partial charge in [-0.2, -0.15) is 5.10 Å². The van der Waals surface area contributed by atoms with Gasteiger partial charge in [-0.15, -0.1) is 10.2 Å². The van der Waals surface area contributed by atoms with Crippen LogP contribution in [0.15, 0.2) is 48.5 Å². The van der Waals surface area contributed by atoms with Gasteiger partial charge < -0.3 is 10.1 Å². The monoisotopic (exact) mass is 335 g/mol. The first-order chi connectivity index (χ1) is 12.2. The minimum Gasteiger partial charge on any atom is -0.371 e. The van der Waals surface area contributed by atoms with Gasteiger partial charge in [-0.1, -0.05) is 30.3 Å². The maximum Gasteiger partial charge on any atom is 0.176 e. The van der Waals surface area contributed by atoms with Crippen molar-refractivity contribution < 1.29 is 4.74 Å². The van der Waals surface area contributed by atoms with Crippen LogP contribution >= 0.6 is 0 Å². The van der Waals surface area contributed by atoms with Gasteiger partial charge >= 0.3 is 0 Å². The van der Waals surface area contributed by atoms with Crippen LogP contribution in [0.4, 0.5) is 5.82 Å². The van der Waals surface area contributed by atoms with E-state index in [2.05, 4.69) is 32.7 Å². The number of hydrogen-bond acceptors (Lipinski definition) is 5. The maximum atomic E-state index is 5.91. The minimum atomic E-state index is 0.0404. The van der Waals surface area contributed by atoms with E-state index in [-0.39, 0.29) is 12.1 Å². The van der Waals surface area contributed by atoms with Crippen LogP contribution in [0, 0.1) is 13.8 Å². The first kappa shape index (κ1) is 15.8. The van der Waals surface area contributed by atoms with Gasteiger partial charge in [-0.25, -0.2) is 4.68 Å². The van der Waals surface area contributed by atoms with E-state index in [9.17, 15) is 0 Å². The number of aromatic nitrogens is 4. The molecule has 0 bridgehead atoms. The molecule has 4 rings (SSSR count). The lowest BCUT2D eigenvalue weighted by atomic mass is 10.0. The molecule has 1 aromatic carbocycles. The highest BCUT2D eigenvalue weighted by Crippen LogP contribution is 2.30. The molecule has 0 amide bonds. The number of rotatable bonds is 4. The van der Waals surface area contributed by atoms with Crippen LogP contribution in [-0.2, 0) is 4.74 Å². The van der Waals surface area contributed by atoms with Crippen molar-refractivity contribution in [1.82, 2.24) is 20.0 Å². The molecule has 2 aromatic heterocycles. The molecule has 1 saturated heterocycles. The Kier molecular flexibility index (Phi) is 4.19. The molecule has 0 aliphatic carbocycles. The summed E-state index contributed by atoms with van der Waals surface area (Å²) in [5.74, 6) is 1.47. The molecule has 6 nitrogen and oxygen atoms in total. The third-order valence-electron chi connectivity index (χ3n) is 4.43. The molecular formula is C19H21N5O. The second-order valence-corrected chi connectivity index (χ2v) is 6.36. The lowest BCUT2D eigenvalue weighted by molar-refractivity contribution is 0.107. The van der Waals surface area contributed by atoms with Gasteiger partial charge in [0, 0.05) is 12.3 Å². The molecule has 128 valence electrons. The zero-order valence-electron chi connectivity index (χ0n) is 14.4. The average Bonchev–Trinajstić information content (AvgIpc) is 3.22. The summed E-state index contributed by atoms with van der Waals surface area (Å²) in [7, 11) is 0. The molecule has 0 spiro atoms. The van der Waals surface area contributed by atoms with Crippen molar-refractivity contribution in [1.29, 1.82) is 0 Å². The van der Waals surface area contributed by atoms with Crippen molar-refractivity contribution in [3.8, 4) is 5.82 Å². The van der Waals surface area contributed by atoms with E-state index in [0.717, 1.165) is 36.1 Å². The summed E-state index contributed by atoms with van der Waals surface area (Å²) >= 11 is 0. The van der Waals surface area contributed by atoms with E-state index in [1.165, 1.54) is 5.56 Å². The fraction of sp³-hybridized carbons (Fsp3) is 0.316. The number of ether oxygens (including phenoxy) is 1. The van der Waals surface area contributed by atoms with Gasteiger partial charge in [0.1, 0.15) is 11.9 Å². The van der Waals surface area contributed by atoms with Crippen molar-refractivity contribution in [2.24, 2.45) is 0 Å². The second kappa shape index (κ2) is 6.64. The van der Waals surface area contributed by atoms with E-state index in [4.69, 9.17) is 4.74 Å². The van der Waals surface area contributed by atoms with Crippen molar-refractivity contribution in [2.75, 3.05) is 11.9 Å². The summed E-state index contributed by atoms with van der Waals surface area (Å²) in [5.41, 5.74) is 3.20. The van der Waals surface area contributed by atoms with E-state index >= 15 is 0 Å². The summed E-state index contributed by atoms with van der Waals surface area (Å²) in [6, 6.07) is 16.4. The molecule has 3 heterocycles. The largest absolute Gasteiger partial charge is 0.371 e. The number of benzene rings is 1. The molecule has 2 atom stereocenters. The van der Waals surface area contributed by atoms with Crippen LogP contribution in [0.2, 0.25) is 0 Å². The molecule has 0 unspecified atom stereocenters. The predicted molar refractivity (Wildman–Crippen MR) is 95.8 cm³/mol. The fourth-order valence-corrected chi connectivity index (χ4v) is 3.27. The zero-order chi connectivity index (χ0) is 17.2. The predicted octanol–water partition coefficient (Wildman–Crippen LogP) is 3.22. The van der Waals surface area contributed by atoms with E-state index < -0.39 is 0 Å². The summed E-state index contributed by atoms with van der Waals surface area (Å²) < 4.78 is 7.71. The van der Waals surface area contributed by atoms with Crippen molar-refractivity contribution in [3.05, 3.63) is 65.5 Å². The van der Waals surface area contributed by atoms with Crippen LogP contribution in [0.5, 0.6) is 0 Å². The second-order valence-electron chi connectivity index (χ2n) is 6.36. The quantitative estimate of drug-likeness (QED) is 0.793. The smallest absolute Gasteiger partial charge is 0.176 e. The Hall–Kier alpha value is -2.73. The number of nitrogens with one attached hydrogen (secondary N) is 1.